The molecule has 7 heteroatoms. The third-order valence-electron chi connectivity index (χ3n) is 11.1. The molecule has 2 saturated heterocycles. The number of anilines is 2. The van der Waals surface area contributed by atoms with Gasteiger partial charge in [-0.05, 0) is 73.9 Å². The largest absolute Gasteiger partial charge is 0.380 e. The fourth-order valence-corrected chi connectivity index (χ4v) is 8.50. The summed E-state index contributed by atoms with van der Waals surface area (Å²) in [5, 5.41) is 14.1. The maximum Gasteiger partial charge on any atom is 0.254 e. The van der Waals surface area contributed by atoms with E-state index in [2.05, 4.69) is 46.6 Å². The van der Waals surface area contributed by atoms with Crippen LogP contribution in [0.5, 0.6) is 0 Å². The van der Waals surface area contributed by atoms with Gasteiger partial charge in [0.05, 0.1) is 6.04 Å². The lowest BCUT2D eigenvalue weighted by Crippen LogP contribution is -2.57. The van der Waals surface area contributed by atoms with Crippen molar-refractivity contribution in [3.63, 3.8) is 0 Å². The quantitative estimate of drug-likeness (QED) is 0.529. The van der Waals surface area contributed by atoms with E-state index < -0.39 is 5.60 Å². The molecule has 3 aliphatic heterocycles. The Morgan fingerprint density at radius 1 is 0.762 bits per heavy atom. The number of para-hydroxylation sites is 1. The number of carbonyl (C=O) groups excluding carboxylic acids is 2. The molecule has 2 atom stereocenters. The lowest BCUT2D eigenvalue weighted by molar-refractivity contribution is -0.143. The number of nitrogens with zero attached hydrogens (tertiary/aromatic N) is 3. The first-order chi connectivity index (χ1) is 20.5. The van der Waals surface area contributed by atoms with Gasteiger partial charge in [-0.2, -0.15) is 0 Å². The molecule has 2 aromatic rings. The Morgan fingerprint density at radius 2 is 1.40 bits per heavy atom. The Hall–Kier alpha value is -3.06. The number of piperazine rings is 1. The zero-order chi connectivity index (χ0) is 28.7. The Bertz CT molecular complexity index is 1290. The zero-order valence-electron chi connectivity index (χ0n) is 24.9. The number of fused-ring (bicyclic) bond motifs is 3. The molecule has 7 rings (SSSR count). The van der Waals surface area contributed by atoms with Gasteiger partial charge in [0.1, 0.15) is 5.60 Å². The van der Waals surface area contributed by atoms with Gasteiger partial charge in [-0.15, -0.1) is 0 Å². The summed E-state index contributed by atoms with van der Waals surface area (Å²) in [5.41, 5.74) is 3.82. The molecule has 2 aromatic carbocycles. The van der Waals surface area contributed by atoms with Crippen LogP contribution in [0.3, 0.4) is 0 Å². The molecule has 0 spiro atoms. The molecular weight excluding hydrogens is 524 g/mol. The number of rotatable bonds is 4. The van der Waals surface area contributed by atoms with E-state index in [1.807, 2.05) is 17.0 Å². The second-order valence-electron chi connectivity index (χ2n) is 13.5. The first-order valence-electron chi connectivity index (χ1n) is 16.5. The standard InChI is InChI=1S/C35H46N4O3/c40-32(37-21-23-38(24-22-37)33(41)34(42)17-18-34)26-13-15-28(16-14-26)39-20-19-35(27-9-5-3-1-2-4-6-10-27)29-11-7-8-12-30(29)36-31(35)25-39/h7-8,11-16,27,31,36,42H,1-6,9-10,17-25H2. The van der Waals surface area contributed by atoms with Gasteiger partial charge in [-0.3, -0.25) is 9.59 Å². The fraction of sp³-hybridized carbons (Fsp3) is 0.600. The molecule has 3 heterocycles. The molecule has 2 aliphatic carbocycles. The van der Waals surface area contributed by atoms with Crippen molar-refractivity contribution < 1.29 is 14.7 Å². The van der Waals surface area contributed by atoms with Crippen molar-refractivity contribution >= 4 is 23.2 Å². The predicted octanol–water partition coefficient (Wildman–Crippen LogP) is 5.19. The predicted molar refractivity (Wildman–Crippen MR) is 166 cm³/mol. The van der Waals surface area contributed by atoms with Gasteiger partial charge in [0.25, 0.3) is 11.8 Å². The number of amides is 2. The first-order valence-corrected chi connectivity index (χ1v) is 16.5. The zero-order valence-corrected chi connectivity index (χ0v) is 24.9. The van der Waals surface area contributed by atoms with Crippen molar-refractivity contribution in [3.8, 4) is 0 Å². The summed E-state index contributed by atoms with van der Waals surface area (Å²) in [6.45, 7) is 3.98. The van der Waals surface area contributed by atoms with E-state index in [4.69, 9.17) is 0 Å². The molecule has 0 radical (unpaired) electrons. The summed E-state index contributed by atoms with van der Waals surface area (Å²) in [4.78, 5) is 31.8. The highest BCUT2D eigenvalue weighted by molar-refractivity contribution is 5.95. The van der Waals surface area contributed by atoms with E-state index in [0.29, 0.717) is 50.6 Å². The van der Waals surface area contributed by atoms with Crippen LogP contribution in [-0.2, 0) is 10.2 Å². The molecule has 5 aliphatic rings. The number of aliphatic hydroxyl groups is 1. The SMILES string of the molecule is O=C(c1ccc(N2CCC3(C4CCCCCCCC4)c4ccccc4NC3C2)cc1)N1CCN(C(=O)C2(O)CC2)CC1. The van der Waals surface area contributed by atoms with Crippen LogP contribution >= 0.6 is 0 Å². The summed E-state index contributed by atoms with van der Waals surface area (Å²) in [6, 6.07) is 17.6. The second-order valence-corrected chi connectivity index (χ2v) is 13.5. The van der Waals surface area contributed by atoms with Crippen LogP contribution < -0.4 is 10.2 Å². The lowest BCUT2D eigenvalue weighted by atomic mass is 9.61. The molecule has 7 nitrogen and oxygen atoms in total. The summed E-state index contributed by atoms with van der Waals surface area (Å²) in [5.74, 6) is 0.570. The normalized spacial score (nSPS) is 27.6. The van der Waals surface area contributed by atoms with E-state index in [9.17, 15) is 14.7 Å². The first kappa shape index (κ1) is 27.8. The Balaban J connectivity index is 1.03. The maximum absolute atomic E-state index is 13.3. The maximum atomic E-state index is 13.3. The van der Waals surface area contributed by atoms with Crippen LogP contribution in [0.15, 0.2) is 48.5 Å². The van der Waals surface area contributed by atoms with E-state index in [1.54, 1.807) is 10.5 Å². The highest BCUT2D eigenvalue weighted by Gasteiger charge is 2.54. The number of nitrogens with one attached hydrogen (secondary N) is 1. The molecule has 4 fully saturated rings. The summed E-state index contributed by atoms with van der Waals surface area (Å²) in [7, 11) is 0. The average Bonchev–Trinajstić information content (AvgIpc) is 3.65. The van der Waals surface area contributed by atoms with Crippen molar-refractivity contribution in [2.75, 3.05) is 49.5 Å². The highest BCUT2D eigenvalue weighted by atomic mass is 16.3. The number of hydrogen-bond acceptors (Lipinski definition) is 5. The average molecular weight is 571 g/mol. The van der Waals surface area contributed by atoms with E-state index in [0.717, 1.165) is 25.4 Å². The number of carbonyl (C=O) groups is 2. The molecule has 2 saturated carbocycles. The van der Waals surface area contributed by atoms with E-state index in [1.165, 1.54) is 62.7 Å². The molecule has 0 bridgehead atoms. The molecule has 224 valence electrons. The van der Waals surface area contributed by atoms with Crippen LogP contribution in [0.4, 0.5) is 11.4 Å². The minimum Gasteiger partial charge on any atom is -0.380 e. The van der Waals surface area contributed by atoms with Gasteiger partial charge in [0.15, 0.2) is 0 Å². The van der Waals surface area contributed by atoms with Gasteiger partial charge < -0.3 is 25.1 Å². The van der Waals surface area contributed by atoms with Gasteiger partial charge in [-0.1, -0.05) is 56.7 Å². The molecule has 42 heavy (non-hydrogen) atoms. The van der Waals surface area contributed by atoms with Crippen molar-refractivity contribution in [1.82, 2.24) is 9.80 Å². The molecule has 2 amide bonds. The number of piperidine rings is 1. The third-order valence-corrected chi connectivity index (χ3v) is 11.1. The number of hydrogen-bond donors (Lipinski definition) is 2. The summed E-state index contributed by atoms with van der Waals surface area (Å²) >= 11 is 0. The van der Waals surface area contributed by atoms with E-state index in [-0.39, 0.29) is 17.2 Å². The monoisotopic (exact) mass is 570 g/mol. The minimum atomic E-state index is -1.14. The molecular formula is C35H46N4O3. The van der Waals surface area contributed by atoms with Crippen molar-refractivity contribution in [2.45, 2.75) is 87.7 Å². The van der Waals surface area contributed by atoms with Crippen LogP contribution in [0, 0.1) is 5.92 Å². The Kier molecular flexibility index (Phi) is 7.41. The molecule has 2 unspecified atom stereocenters. The topological polar surface area (TPSA) is 76.1 Å². The van der Waals surface area contributed by atoms with Crippen LogP contribution in [0.2, 0.25) is 0 Å². The second kappa shape index (κ2) is 11.2. The smallest absolute Gasteiger partial charge is 0.254 e. The van der Waals surface area contributed by atoms with Crippen LogP contribution in [0.1, 0.15) is 86.6 Å². The van der Waals surface area contributed by atoms with Crippen molar-refractivity contribution in [3.05, 3.63) is 59.7 Å². The van der Waals surface area contributed by atoms with Crippen LogP contribution in [0.25, 0.3) is 0 Å². The highest BCUT2D eigenvalue weighted by Crippen LogP contribution is 2.54. The van der Waals surface area contributed by atoms with Crippen molar-refractivity contribution in [1.29, 1.82) is 0 Å². The lowest BCUT2D eigenvalue weighted by Gasteiger charge is -2.49. The Morgan fingerprint density at radius 3 is 2.10 bits per heavy atom. The van der Waals surface area contributed by atoms with Gasteiger partial charge >= 0.3 is 0 Å². The van der Waals surface area contributed by atoms with Gasteiger partial charge in [-0.25, -0.2) is 0 Å². The van der Waals surface area contributed by atoms with Gasteiger partial charge in [0, 0.05) is 61.6 Å². The summed E-state index contributed by atoms with van der Waals surface area (Å²) < 4.78 is 0. The number of benzene rings is 2. The Labute approximate surface area is 250 Å². The fourth-order valence-electron chi connectivity index (χ4n) is 8.50. The third kappa shape index (κ3) is 4.97. The van der Waals surface area contributed by atoms with Gasteiger partial charge in [0.2, 0.25) is 0 Å². The molecule has 0 aromatic heterocycles. The summed E-state index contributed by atoms with van der Waals surface area (Å²) in [6.07, 6.45) is 13.2. The van der Waals surface area contributed by atoms with Crippen molar-refractivity contribution in [2.24, 2.45) is 5.92 Å². The molecule has 2 N–H and O–H groups in total. The minimum absolute atomic E-state index is 0.0181. The van der Waals surface area contributed by atoms with Crippen LogP contribution in [-0.4, -0.2) is 77.6 Å². The van der Waals surface area contributed by atoms with E-state index >= 15 is 0 Å².